The first-order valence-corrected chi connectivity index (χ1v) is 10.2. The van der Waals surface area contributed by atoms with E-state index in [0.29, 0.717) is 34.0 Å². The first-order valence-electron chi connectivity index (χ1n) is 9.82. The van der Waals surface area contributed by atoms with E-state index in [2.05, 4.69) is 15.3 Å². The monoisotopic (exact) mass is 443 g/mol. The number of anilines is 1. The highest BCUT2D eigenvalue weighted by Gasteiger charge is 2.17. The van der Waals surface area contributed by atoms with Crippen molar-refractivity contribution in [3.63, 3.8) is 0 Å². The number of carbonyl (C=O) groups excluding carboxylic acids is 1. The number of nitro groups is 1. The fourth-order valence-corrected chi connectivity index (χ4v) is 3.39. The standard InChI is InChI=1S/C21H22ClN5O4/c1-2-11-26(13-19-24-17-12-14(22)7-8-15(17)21(29)25-19)20(28)9-10-23-16-5-3-4-6-18(16)27(30)31/h3-8,12,23H,2,9-11,13H2,1H3,(H,24,25,29). The molecule has 0 bridgehead atoms. The van der Waals surface area contributed by atoms with Gasteiger partial charge in [-0.15, -0.1) is 0 Å². The summed E-state index contributed by atoms with van der Waals surface area (Å²) in [5.74, 6) is 0.218. The summed E-state index contributed by atoms with van der Waals surface area (Å²) in [5, 5.41) is 14.9. The number of para-hydroxylation sites is 2. The number of aromatic amines is 1. The Bertz CT molecular complexity index is 1160. The van der Waals surface area contributed by atoms with Crippen molar-refractivity contribution in [2.45, 2.75) is 26.3 Å². The van der Waals surface area contributed by atoms with Crippen LogP contribution >= 0.6 is 11.6 Å². The Morgan fingerprint density at radius 2 is 2.06 bits per heavy atom. The number of halogens is 1. The van der Waals surface area contributed by atoms with Gasteiger partial charge in [0.15, 0.2) is 0 Å². The summed E-state index contributed by atoms with van der Waals surface area (Å²) in [6, 6.07) is 11.1. The van der Waals surface area contributed by atoms with Crippen LogP contribution in [-0.2, 0) is 11.3 Å². The van der Waals surface area contributed by atoms with E-state index in [0.717, 1.165) is 6.42 Å². The second-order valence-electron chi connectivity index (χ2n) is 6.94. The molecule has 10 heteroatoms. The third-order valence-electron chi connectivity index (χ3n) is 4.66. The number of H-pyrrole nitrogens is 1. The number of fused-ring (bicyclic) bond motifs is 1. The largest absolute Gasteiger partial charge is 0.379 e. The Labute approximate surface area is 183 Å². The molecule has 2 N–H and O–H groups in total. The molecule has 9 nitrogen and oxygen atoms in total. The number of hydrogen-bond acceptors (Lipinski definition) is 6. The molecule has 0 spiro atoms. The maximum absolute atomic E-state index is 12.8. The molecule has 0 radical (unpaired) electrons. The van der Waals surface area contributed by atoms with Crippen molar-refractivity contribution in [2.24, 2.45) is 0 Å². The third kappa shape index (κ3) is 5.58. The Morgan fingerprint density at radius 3 is 2.81 bits per heavy atom. The molecule has 0 aliphatic carbocycles. The number of benzene rings is 2. The SMILES string of the molecule is CCCN(Cc1nc2cc(Cl)ccc2c(=O)[nH]1)C(=O)CCNc1ccccc1[N+](=O)[O-]. The van der Waals surface area contributed by atoms with Crippen LogP contribution in [0.5, 0.6) is 0 Å². The molecule has 0 aliphatic heterocycles. The van der Waals surface area contributed by atoms with Gasteiger partial charge < -0.3 is 15.2 Å². The molecule has 0 atom stereocenters. The number of nitrogens with one attached hydrogen (secondary N) is 2. The van der Waals surface area contributed by atoms with E-state index in [1.54, 1.807) is 41.3 Å². The molecule has 0 unspecified atom stereocenters. The predicted molar refractivity (Wildman–Crippen MR) is 119 cm³/mol. The van der Waals surface area contributed by atoms with Gasteiger partial charge in [-0.25, -0.2) is 4.98 Å². The second kappa shape index (κ2) is 10.0. The van der Waals surface area contributed by atoms with Gasteiger partial charge in [0.1, 0.15) is 11.5 Å². The summed E-state index contributed by atoms with van der Waals surface area (Å²) in [6.07, 6.45) is 0.864. The zero-order chi connectivity index (χ0) is 22.4. The van der Waals surface area contributed by atoms with Crippen molar-refractivity contribution < 1.29 is 9.72 Å². The van der Waals surface area contributed by atoms with Gasteiger partial charge in [0, 0.05) is 30.6 Å². The number of hydrogen-bond donors (Lipinski definition) is 2. The summed E-state index contributed by atoms with van der Waals surface area (Å²) in [7, 11) is 0. The molecule has 2 aromatic carbocycles. The molecule has 162 valence electrons. The predicted octanol–water partition coefficient (Wildman–Crippen LogP) is 3.73. The Morgan fingerprint density at radius 1 is 1.29 bits per heavy atom. The third-order valence-corrected chi connectivity index (χ3v) is 4.89. The lowest BCUT2D eigenvalue weighted by Gasteiger charge is -2.22. The minimum Gasteiger partial charge on any atom is -0.379 e. The zero-order valence-electron chi connectivity index (χ0n) is 16.9. The number of nitrogens with zero attached hydrogens (tertiary/aromatic N) is 3. The van der Waals surface area contributed by atoms with Crippen molar-refractivity contribution in [3.8, 4) is 0 Å². The van der Waals surface area contributed by atoms with Crippen LogP contribution in [-0.4, -0.2) is 38.8 Å². The molecule has 1 aromatic heterocycles. The van der Waals surface area contributed by atoms with Crippen molar-refractivity contribution in [2.75, 3.05) is 18.4 Å². The summed E-state index contributed by atoms with van der Waals surface area (Å²) >= 11 is 6.00. The lowest BCUT2D eigenvalue weighted by molar-refractivity contribution is -0.384. The molecule has 1 amide bonds. The highest BCUT2D eigenvalue weighted by Crippen LogP contribution is 2.23. The molecule has 0 saturated heterocycles. The topological polar surface area (TPSA) is 121 Å². The molecule has 3 rings (SSSR count). The number of aromatic nitrogens is 2. The van der Waals surface area contributed by atoms with Gasteiger partial charge in [0.05, 0.1) is 22.4 Å². The van der Waals surface area contributed by atoms with Crippen LogP contribution in [0.4, 0.5) is 11.4 Å². The van der Waals surface area contributed by atoms with E-state index in [1.165, 1.54) is 6.07 Å². The van der Waals surface area contributed by atoms with Crippen LogP contribution in [0.2, 0.25) is 5.02 Å². The van der Waals surface area contributed by atoms with E-state index in [9.17, 15) is 19.7 Å². The van der Waals surface area contributed by atoms with E-state index >= 15 is 0 Å². The normalized spacial score (nSPS) is 10.8. The first kappa shape index (κ1) is 22.2. The maximum Gasteiger partial charge on any atom is 0.292 e. The molecule has 31 heavy (non-hydrogen) atoms. The average Bonchev–Trinajstić information content (AvgIpc) is 2.73. The van der Waals surface area contributed by atoms with Gasteiger partial charge >= 0.3 is 0 Å². The number of amides is 1. The fourth-order valence-electron chi connectivity index (χ4n) is 3.22. The zero-order valence-corrected chi connectivity index (χ0v) is 17.7. The summed E-state index contributed by atoms with van der Waals surface area (Å²) in [6.45, 7) is 2.82. The molecular formula is C21H22ClN5O4. The molecule has 0 fully saturated rings. The van der Waals surface area contributed by atoms with Crippen LogP contribution in [0, 0.1) is 10.1 Å². The Balaban J connectivity index is 1.69. The van der Waals surface area contributed by atoms with Crippen LogP contribution in [0.1, 0.15) is 25.6 Å². The van der Waals surface area contributed by atoms with Gasteiger partial charge in [-0.05, 0) is 30.7 Å². The summed E-state index contributed by atoms with van der Waals surface area (Å²) in [5.41, 5.74) is 0.489. The summed E-state index contributed by atoms with van der Waals surface area (Å²) in [4.78, 5) is 44.5. The van der Waals surface area contributed by atoms with E-state index in [1.807, 2.05) is 6.92 Å². The Kier molecular flexibility index (Phi) is 7.19. The van der Waals surface area contributed by atoms with Crippen LogP contribution < -0.4 is 10.9 Å². The molecule has 3 aromatic rings. The van der Waals surface area contributed by atoms with Crippen LogP contribution in [0.3, 0.4) is 0 Å². The van der Waals surface area contributed by atoms with Crippen molar-refractivity contribution in [1.29, 1.82) is 0 Å². The molecule has 0 saturated carbocycles. The first-order chi connectivity index (χ1) is 14.9. The lowest BCUT2D eigenvalue weighted by atomic mass is 10.2. The van der Waals surface area contributed by atoms with Gasteiger partial charge in [-0.2, -0.15) is 0 Å². The minimum atomic E-state index is -0.471. The van der Waals surface area contributed by atoms with Gasteiger partial charge in [0.2, 0.25) is 5.91 Å². The van der Waals surface area contributed by atoms with Gasteiger partial charge in [-0.1, -0.05) is 30.7 Å². The van der Waals surface area contributed by atoms with Gasteiger partial charge in [-0.3, -0.25) is 19.7 Å². The number of rotatable bonds is 9. The highest BCUT2D eigenvalue weighted by molar-refractivity contribution is 6.31. The van der Waals surface area contributed by atoms with Crippen LogP contribution in [0.15, 0.2) is 47.3 Å². The molecule has 1 heterocycles. The van der Waals surface area contributed by atoms with Crippen molar-refractivity contribution >= 4 is 39.8 Å². The lowest BCUT2D eigenvalue weighted by Crippen LogP contribution is -2.33. The minimum absolute atomic E-state index is 0.0445. The summed E-state index contributed by atoms with van der Waals surface area (Å²) < 4.78 is 0. The van der Waals surface area contributed by atoms with E-state index < -0.39 is 4.92 Å². The van der Waals surface area contributed by atoms with Crippen molar-refractivity contribution in [3.05, 3.63) is 73.8 Å². The Hall–Kier alpha value is -3.46. The fraction of sp³-hybridized carbons (Fsp3) is 0.286. The maximum atomic E-state index is 12.8. The second-order valence-corrected chi connectivity index (χ2v) is 7.38. The van der Waals surface area contributed by atoms with Crippen LogP contribution in [0.25, 0.3) is 10.9 Å². The molecule has 0 aliphatic rings. The molecular weight excluding hydrogens is 422 g/mol. The quantitative estimate of drug-likeness (QED) is 0.384. The number of nitro benzene ring substituents is 1. The number of carbonyl (C=O) groups is 1. The van der Waals surface area contributed by atoms with Gasteiger partial charge in [0.25, 0.3) is 11.2 Å². The highest BCUT2D eigenvalue weighted by atomic mass is 35.5. The smallest absolute Gasteiger partial charge is 0.292 e. The van der Waals surface area contributed by atoms with Crippen molar-refractivity contribution in [1.82, 2.24) is 14.9 Å². The van der Waals surface area contributed by atoms with E-state index in [-0.39, 0.29) is 36.7 Å². The van der Waals surface area contributed by atoms with E-state index in [4.69, 9.17) is 11.6 Å². The average molecular weight is 444 g/mol.